The largest absolute Gasteiger partial charge is 0.479 e. The number of benzene rings is 2. The smallest absolute Gasteiger partial charge is 0.279 e. The molecule has 2 rings (SSSR count). The molecule has 6 nitrogen and oxygen atoms in total. The van der Waals surface area contributed by atoms with Gasteiger partial charge in [-0.1, -0.05) is 34.8 Å². The van der Waals surface area contributed by atoms with E-state index in [2.05, 4.69) is 16.2 Å². The molecule has 0 radical (unpaired) electrons. The maximum atomic E-state index is 12.1. The van der Waals surface area contributed by atoms with Crippen molar-refractivity contribution in [3.63, 3.8) is 0 Å². The first-order valence-electron chi connectivity index (χ1n) is 7.54. The summed E-state index contributed by atoms with van der Waals surface area (Å²) in [4.78, 5) is 24.1. The SMILES string of the molecule is CC(Oc1ccc(Cl)cc1Cl)C(=O)NNC(=S)NC(=O)c1ccc(Cl)cc1. The van der Waals surface area contributed by atoms with Crippen molar-refractivity contribution >= 4 is 63.9 Å². The van der Waals surface area contributed by atoms with Crippen LogP contribution < -0.4 is 20.9 Å². The number of thiocarbonyl (C=S) groups is 1. The predicted molar refractivity (Wildman–Crippen MR) is 109 cm³/mol. The van der Waals surface area contributed by atoms with Gasteiger partial charge in [0.1, 0.15) is 5.75 Å². The minimum Gasteiger partial charge on any atom is -0.479 e. The second kappa shape index (κ2) is 9.75. The summed E-state index contributed by atoms with van der Waals surface area (Å²) in [6.07, 6.45) is -0.883. The molecule has 27 heavy (non-hydrogen) atoms. The van der Waals surface area contributed by atoms with Crippen LogP contribution in [0.5, 0.6) is 5.75 Å². The molecule has 0 bridgehead atoms. The van der Waals surface area contributed by atoms with E-state index < -0.39 is 17.9 Å². The van der Waals surface area contributed by atoms with Crippen molar-refractivity contribution in [3.05, 3.63) is 63.1 Å². The number of carbonyl (C=O) groups is 2. The van der Waals surface area contributed by atoms with Crippen LogP contribution in [-0.2, 0) is 4.79 Å². The molecule has 3 N–H and O–H groups in total. The molecule has 0 aliphatic heterocycles. The van der Waals surface area contributed by atoms with Crippen molar-refractivity contribution in [3.8, 4) is 5.75 Å². The van der Waals surface area contributed by atoms with Crippen molar-refractivity contribution in [2.45, 2.75) is 13.0 Å². The quantitative estimate of drug-likeness (QED) is 0.492. The monoisotopic (exact) mass is 445 g/mol. The third-order valence-electron chi connectivity index (χ3n) is 3.20. The van der Waals surface area contributed by atoms with Gasteiger partial charge in [-0.3, -0.25) is 25.8 Å². The maximum Gasteiger partial charge on any atom is 0.279 e. The summed E-state index contributed by atoms with van der Waals surface area (Å²) in [5.74, 6) is -0.665. The highest BCUT2D eigenvalue weighted by atomic mass is 35.5. The molecule has 2 amide bonds. The Morgan fingerprint density at radius 3 is 2.26 bits per heavy atom. The molecule has 0 spiro atoms. The van der Waals surface area contributed by atoms with Gasteiger partial charge in [0, 0.05) is 15.6 Å². The molecule has 2 aromatic carbocycles. The number of rotatable bonds is 4. The van der Waals surface area contributed by atoms with E-state index in [0.29, 0.717) is 21.4 Å². The van der Waals surface area contributed by atoms with E-state index in [1.54, 1.807) is 36.4 Å². The van der Waals surface area contributed by atoms with E-state index in [1.165, 1.54) is 13.0 Å². The third-order valence-corrected chi connectivity index (χ3v) is 4.19. The van der Waals surface area contributed by atoms with Gasteiger partial charge in [-0.2, -0.15) is 0 Å². The zero-order valence-corrected chi connectivity index (χ0v) is 17.0. The van der Waals surface area contributed by atoms with E-state index in [1.807, 2.05) is 0 Å². The summed E-state index contributed by atoms with van der Waals surface area (Å²) in [6, 6.07) is 10.9. The van der Waals surface area contributed by atoms with E-state index in [9.17, 15) is 9.59 Å². The fourth-order valence-electron chi connectivity index (χ4n) is 1.84. The fraction of sp³-hybridized carbons (Fsp3) is 0.118. The molecule has 0 saturated heterocycles. The summed E-state index contributed by atoms with van der Waals surface area (Å²) >= 11 is 22.5. The van der Waals surface area contributed by atoms with Crippen LogP contribution in [-0.4, -0.2) is 23.0 Å². The number of hydrogen-bond acceptors (Lipinski definition) is 4. The Kier molecular flexibility index (Phi) is 7.67. The van der Waals surface area contributed by atoms with Crippen LogP contribution in [0.1, 0.15) is 17.3 Å². The van der Waals surface area contributed by atoms with Gasteiger partial charge in [-0.15, -0.1) is 0 Å². The molecule has 0 saturated carbocycles. The number of hydrogen-bond donors (Lipinski definition) is 3. The number of hydrazine groups is 1. The summed E-state index contributed by atoms with van der Waals surface area (Å²) in [5.41, 5.74) is 5.13. The van der Waals surface area contributed by atoms with E-state index in [-0.39, 0.29) is 10.1 Å². The van der Waals surface area contributed by atoms with Crippen molar-refractivity contribution in [2.24, 2.45) is 0 Å². The molecule has 0 heterocycles. The van der Waals surface area contributed by atoms with Crippen LogP contribution in [0.4, 0.5) is 0 Å². The first-order chi connectivity index (χ1) is 12.8. The van der Waals surface area contributed by atoms with Crippen LogP contribution in [0.25, 0.3) is 0 Å². The van der Waals surface area contributed by atoms with Gasteiger partial charge < -0.3 is 4.74 Å². The second-order valence-corrected chi connectivity index (χ2v) is 6.93. The van der Waals surface area contributed by atoms with Crippen LogP contribution in [0, 0.1) is 0 Å². The second-order valence-electron chi connectivity index (χ2n) is 5.24. The molecule has 10 heteroatoms. The van der Waals surface area contributed by atoms with Crippen LogP contribution in [0.2, 0.25) is 15.1 Å². The Morgan fingerprint density at radius 1 is 1.00 bits per heavy atom. The standard InChI is InChI=1S/C17H14Cl3N3O3S/c1-9(26-14-7-6-12(19)8-13(14)20)15(24)22-23-17(27)21-16(25)10-2-4-11(18)5-3-10/h2-9H,1H3,(H,22,24)(H2,21,23,25,27). The zero-order chi connectivity index (χ0) is 20.0. The highest BCUT2D eigenvalue weighted by molar-refractivity contribution is 7.80. The fourth-order valence-corrected chi connectivity index (χ4v) is 2.57. The molecule has 1 unspecified atom stereocenters. The Bertz CT molecular complexity index is 862. The molecule has 1 atom stereocenters. The normalized spacial score (nSPS) is 11.3. The first kappa shape index (κ1) is 21.2. The lowest BCUT2D eigenvalue weighted by molar-refractivity contribution is -0.127. The minimum absolute atomic E-state index is 0.0833. The van der Waals surface area contributed by atoms with Gasteiger partial charge >= 0.3 is 0 Å². The minimum atomic E-state index is -0.883. The lowest BCUT2D eigenvalue weighted by atomic mass is 10.2. The Balaban J connectivity index is 1.82. The topological polar surface area (TPSA) is 79.5 Å². The summed E-state index contributed by atoms with van der Waals surface area (Å²) < 4.78 is 5.47. The Morgan fingerprint density at radius 2 is 1.63 bits per heavy atom. The van der Waals surface area contributed by atoms with Crippen molar-refractivity contribution < 1.29 is 14.3 Å². The molecular formula is C17H14Cl3N3O3S. The Labute approximate surface area is 176 Å². The molecule has 0 fully saturated rings. The molecule has 0 aliphatic rings. The number of amides is 2. The van der Waals surface area contributed by atoms with Gasteiger partial charge in [0.15, 0.2) is 11.2 Å². The third kappa shape index (κ3) is 6.55. The zero-order valence-electron chi connectivity index (χ0n) is 13.9. The van der Waals surface area contributed by atoms with E-state index in [4.69, 9.17) is 51.8 Å². The van der Waals surface area contributed by atoms with Crippen LogP contribution in [0.15, 0.2) is 42.5 Å². The van der Waals surface area contributed by atoms with Crippen LogP contribution >= 0.6 is 47.0 Å². The summed E-state index contributed by atoms with van der Waals surface area (Å²) in [5, 5.41) is 3.58. The number of carbonyl (C=O) groups excluding carboxylic acids is 2. The average Bonchev–Trinajstić information content (AvgIpc) is 2.62. The molecule has 0 aromatic heterocycles. The highest BCUT2D eigenvalue weighted by Crippen LogP contribution is 2.28. The molecule has 2 aromatic rings. The number of nitrogens with one attached hydrogen (secondary N) is 3. The average molecular weight is 447 g/mol. The first-order valence-corrected chi connectivity index (χ1v) is 9.09. The van der Waals surface area contributed by atoms with Gasteiger partial charge in [0.05, 0.1) is 5.02 Å². The predicted octanol–water partition coefficient (Wildman–Crippen LogP) is 3.75. The van der Waals surface area contributed by atoms with Crippen LogP contribution in [0.3, 0.4) is 0 Å². The summed E-state index contributed by atoms with van der Waals surface area (Å²) in [7, 11) is 0. The number of halogens is 3. The molecule has 0 aliphatic carbocycles. The summed E-state index contributed by atoms with van der Waals surface area (Å²) in [6.45, 7) is 1.53. The van der Waals surface area contributed by atoms with Crippen molar-refractivity contribution in [2.75, 3.05) is 0 Å². The van der Waals surface area contributed by atoms with Crippen molar-refractivity contribution in [1.29, 1.82) is 0 Å². The van der Waals surface area contributed by atoms with Crippen molar-refractivity contribution in [1.82, 2.24) is 16.2 Å². The van der Waals surface area contributed by atoms with Gasteiger partial charge in [0.25, 0.3) is 11.8 Å². The van der Waals surface area contributed by atoms with Gasteiger partial charge in [-0.05, 0) is 61.6 Å². The van der Waals surface area contributed by atoms with E-state index in [0.717, 1.165) is 0 Å². The Hall–Kier alpha value is -2.06. The molecule has 142 valence electrons. The van der Waals surface area contributed by atoms with Gasteiger partial charge in [-0.25, -0.2) is 0 Å². The van der Waals surface area contributed by atoms with E-state index >= 15 is 0 Å². The number of ether oxygens (including phenoxy) is 1. The maximum absolute atomic E-state index is 12.1. The lowest BCUT2D eigenvalue weighted by Crippen LogP contribution is -2.51. The lowest BCUT2D eigenvalue weighted by Gasteiger charge is -2.17. The van der Waals surface area contributed by atoms with Gasteiger partial charge in [0.2, 0.25) is 0 Å². The highest BCUT2D eigenvalue weighted by Gasteiger charge is 2.17. The molecular weight excluding hydrogens is 433 g/mol.